The third kappa shape index (κ3) is 4.29. The number of anilines is 1. The Morgan fingerprint density at radius 2 is 1.80 bits per heavy atom. The molecule has 0 radical (unpaired) electrons. The van der Waals surface area contributed by atoms with Crippen LogP contribution in [0.1, 0.15) is 17.7 Å². The summed E-state index contributed by atoms with van der Waals surface area (Å²) in [6.45, 7) is 2.10. The molecule has 2 nitrogen and oxygen atoms in total. The Kier molecular flexibility index (Phi) is 5.50. The fourth-order valence-corrected chi connectivity index (χ4v) is 2.78. The molecule has 2 rings (SSSR count). The van der Waals surface area contributed by atoms with Gasteiger partial charge in [0.15, 0.2) is 0 Å². The summed E-state index contributed by atoms with van der Waals surface area (Å²) in [5.41, 5.74) is 1.88. The van der Waals surface area contributed by atoms with E-state index in [1.54, 1.807) is 23.9 Å². The summed E-state index contributed by atoms with van der Waals surface area (Å²) >= 11 is 7.61. The summed E-state index contributed by atoms with van der Waals surface area (Å²) in [7, 11) is 0. The Morgan fingerprint density at radius 3 is 2.50 bits per heavy atom. The predicted molar refractivity (Wildman–Crippen MR) is 87.4 cm³/mol. The van der Waals surface area contributed by atoms with Crippen LogP contribution < -0.4 is 5.32 Å². The largest absolute Gasteiger partial charge is 0.324 e. The molecule has 1 atom stereocenters. The van der Waals surface area contributed by atoms with Gasteiger partial charge in [-0.25, -0.2) is 0 Å². The molecule has 0 bridgehead atoms. The number of nitrogens with one attached hydrogen (secondary N) is 1. The van der Waals surface area contributed by atoms with Crippen molar-refractivity contribution in [1.82, 2.24) is 0 Å². The van der Waals surface area contributed by atoms with E-state index >= 15 is 0 Å². The first kappa shape index (κ1) is 14.9. The zero-order chi connectivity index (χ0) is 14.4. The van der Waals surface area contributed by atoms with Crippen LogP contribution in [-0.4, -0.2) is 11.7 Å². The number of thioether (sulfide) groups is 1. The standard InChI is InChI=1S/C16H16ClNOS/c1-12(13-7-3-2-4-8-13)20-11-16(19)18-15-10-6-5-9-14(15)17/h2-10,12H,11H2,1H3,(H,18,19)/t12-/m1/s1. The first-order chi connectivity index (χ1) is 9.66. The second kappa shape index (κ2) is 7.36. The van der Waals surface area contributed by atoms with Crippen LogP contribution in [0.3, 0.4) is 0 Å². The van der Waals surface area contributed by atoms with Gasteiger partial charge in [0, 0.05) is 5.25 Å². The van der Waals surface area contributed by atoms with Crippen molar-refractivity contribution in [3.8, 4) is 0 Å². The number of halogens is 1. The summed E-state index contributed by atoms with van der Waals surface area (Å²) in [6.07, 6.45) is 0. The van der Waals surface area contributed by atoms with Crippen molar-refractivity contribution in [1.29, 1.82) is 0 Å². The maximum Gasteiger partial charge on any atom is 0.234 e. The number of carbonyl (C=O) groups excluding carboxylic acids is 1. The third-order valence-corrected chi connectivity index (χ3v) is 4.41. The maximum absolute atomic E-state index is 11.9. The average Bonchev–Trinajstić information content (AvgIpc) is 2.48. The maximum atomic E-state index is 11.9. The van der Waals surface area contributed by atoms with E-state index in [1.807, 2.05) is 30.3 Å². The lowest BCUT2D eigenvalue weighted by molar-refractivity contribution is -0.113. The molecular weight excluding hydrogens is 290 g/mol. The molecule has 0 aliphatic rings. The second-order valence-corrected chi connectivity index (χ2v) is 6.13. The van der Waals surface area contributed by atoms with E-state index < -0.39 is 0 Å². The topological polar surface area (TPSA) is 29.1 Å². The van der Waals surface area contributed by atoms with Crippen LogP contribution in [0.2, 0.25) is 5.02 Å². The number of para-hydroxylation sites is 1. The van der Waals surface area contributed by atoms with E-state index in [0.29, 0.717) is 16.5 Å². The van der Waals surface area contributed by atoms with Crippen LogP contribution in [0, 0.1) is 0 Å². The van der Waals surface area contributed by atoms with Crippen molar-refractivity contribution in [3.05, 3.63) is 65.2 Å². The van der Waals surface area contributed by atoms with Crippen molar-refractivity contribution >= 4 is 35.0 Å². The number of benzene rings is 2. The van der Waals surface area contributed by atoms with Gasteiger partial charge in [-0.3, -0.25) is 4.79 Å². The SMILES string of the molecule is C[C@@H](SCC(=O)Nc1ccccc1Cl)c1ccccc1. The van der Waals surface area contributed by atoms with Crippen molar-refractivity contribution in [2.24, 2.45) is 0 Å². The van der Waals surface area contributed by atoms with Gasteiger partial charge >= 0.3 is 0 Å². The highest BCUT2D eigenvalue weighted by Crippen LogP contribution is 2.28. The molecule has 0 saturated carbocycles. The third-order valence-electron chi connectivity index (χ3n) is 2.88. The van der Waals surface area contributed by atoms with Gasteiger partial charge in [-0.2, -0.15) is 0 Å². The van der Waals surface area contributed by atoms with E-state index in [4.69, 9.17) is 11.6 Å². The molecule has 4 heteroatoms. The first-order valence-corrected chi connectivity index (χ1v) is 7.80. The zero-order valence-electron chi connectivity index (χ0n) is 11.2. The summed E-state index contributed by atoms with van der Waals surface area (Å²) in [5.74, 6) is 0.368. The lowest BCUT2D eigenvalue weighted by Gasteiger charge is -2.12. The summed E-state index contributed by atoms with van der Waals surface area (Å²) in [5, 5.41) is 3.67. The molecule has 2 aromatic rings. The summed E-state index contributed by atoms with van der Waals surface area (Å²) < 4.78 is 0. The quantitative estimate of drug-likeness (QED) is 0.862. The number of carbonyl (C=O) groups is 1. The fraction of sp³-hybridized carbons (Fsp3) is 0.188. The highest BCUT2D eigenvalue weighted by molar-refractivity contribution is 8.00. The molecule has 2 aromatic carbocycles. The van der Waals surface area contributed by atoms with Crippen molar-refractivity contribution in [2.45, 2.75) is 12.2 Å². The number of rotatable bonds is 5. The Bertz CT molecular complexity index is 574. The molecule has 1 amide bonds. The zero-order valence-corrected chi connectivity index (χ0v) is 12.7. The van der Waals surface area contributed by atoms with Gasteiger partial charge in [-0.1, -0.05) is 54.1 Å². The minimum absolute atomic E-state index is 0.0362. The van der Waals surface area contributed by atoms with Crippen molar-refractivity contribution < 1.29 is 4.79 Å². The molecule has 0 fully saturated rings. The first-order valence-electron chi connectivity index (χ1n) is 6.38. The Labute approximate surface area is 128 Å². The molecule has 0 saturated heterocycles. The van der Waals surface area contributed by atoms with E-state index in [0.717, 1.165) is 0 Å². The Hall–Kier alpha value is -1.45. The van der Waals surface area contributed by atoms with E-state index in [-0.39, 0.29) is 11.2 Å². The van der Waals surface area contributed by atoms with Gasteiger partial charge in [0.2, 0.25) is 5.91 Å². The molecular formula is C16H16ClNOS. The Balaban J connectivity index is 1.85. The fourth-order valence-electron chi connectivity index (χ4n) is 1.77. The normalized spacial score (nSPS) is 11.9. The molecule has 0 spiro atoms. The molecule has 1 N–H and O–H groups in total. The summed E-state index contributed by atoms with van der Waals surface area (Å²) in [6, 6.07) is 17.4. The molecule has 0 aromatic heterocycles. The van der Waals surface area contributed by atoms with Gasteiger partial charge < -0.3 is 5.32 Å². The smallest absolute Gasteiger partial charge is 0.234 e. The molecule has 0 heterocycles. The van der Waals surface area contributed by atoms with Crippen molar-refractivity contribution in [2.75, 3.05) is 11.1 Å². The number of hydrogen-bond acceptors (Lipinski definition) is 2. The van der Waals surface area contributed by atoms with Crippen LogP contribution in [0.25, 0.3) is 0 Å². The van der Waals surface area contributed by atoms with Gasteiger partial charge in [0.25, 0.3) is 0 Å². The minimum atomic E-state index is -0.0362. The van der Waals surface area contributed by atoms with Gasteiger partial charge in [0.05, 0.1) is 16.5 Å². The monoisotopic (exact) mass is 305 g/mol. The number of hydrogen-bond donors (Lipinski definition) is 1. The van der Waals surface area contributed by atoms with Crippen LogP contribution in [0.15, 0.2) is 54.6 Å². The molecule has 0 unspecified atom stereocenters. The number of amides is 1. The predicted octanol–water partition coefficient (Wildman–Crippen LogP) is 4.77. The molecule has 0 aliphatic heterocycles. The van der Waals surface area contributed by atoms with Crippen LogP contribution in [0.4, 0.5) is 5.69 Å². The summed E-state index contributed by atoms with van der Waals surface area (Å²) in [4.78, 5) is 11.9. The van der Waals surface area contributed by atoms with E-state index in [9.17, 15) is 4.79 Å². The van der Waals surface area contributed by atoms with Crippen LogP contribution in [0.5, 0.6) is 0 Å². The van der Waals surface area contributed by atoms with E-state index in [2.05, 4.69) is 24.4 Å². The highest BCUT2D eigenvalue weighted by atomic mass is 35.5. The lowest BCUT2D eigenvalue weighted by Crippen LogP contribution is -2.14. The van der Waals surface area contributed by atoms with Crippen molar-refractivity contribution in [3.63, 3.8) is 0 Å². The van der Waals surface area contributed by atoms with Gasteiger partial charge in [-0.15, -0.1) is 11.8 Å². The van der Waals surface area contributed by atoms with Crippen LogP contribution in [-0.2, 0) is 4.79 Å². The Morgan fingerprint density at radius 1 is 1.15 bits per heavy atom. The average molecular weight is 306 g/mol. The lowest BCUT2D eigenvalue weighted by atomic mass is 10.2. The van der Waals surface area contributed by atoms with E-state index in [1.165, 1.54) is 5.56 Å². The van der Waals surface area contributed by atoms with Gasteiger partial charge in [-0.05, 0) is 24.6 Å². The molecule has 104 valence electrons. The highest BCUT2D eigenvalue weighted by Gasteiger charge is 2.10. The van der Waals surface area contributed by atoms with Crippen LogP contribution >= 0.6 is 23.4 Å². The van der Waals surface area contributed by atoms with Gasteiger partial charge in [0.1, 0.15) is 0 Å². The second-order valence-electron chi connectivity index (χ2n) is 4.39. The molecule has 20 heavy (non-hydrogen) atoms. The minimum Gasteiger partial charge on any atom is -0.324 e. The molecule has 0 aliphatic carbocycles.